The van der Waals surface area contributed by atoms with Gasteiger partial charge in [0.15, 0.2) is 0 Å². The van der Waals surface area contributed by atoms with Gasteiger partial charge in [-0.2, -0.15) is 6.08 Å². The molecule has 0 atom stereocenters. The van der Waals surface area contributed by atoms with E-state index in [4.69, 9.17) is 0 Å². The van der Waals surface area contributed by atoms with Crippen LogP contribution in [-0.4, -0.2) is 0 Å². The number of hydrogen-bond acceptors (Lipinski definition) is 0. The molecule has 0 amide bonds. The van der Waals surface area contributed by atoms with Crippen molar-refractivity contribution >= 4 is 0 Å². The molecular weight excluding hydrogens is 446 g/mol. The molecule has 0 aromatic heterocycles. The Kier molecular flexibility index (Phi) is 19.5. The molecule has 1 rings (SSSR count). The van der Waals surface area contributed by atoms with Crippen molar-refractivity contribution in [1.29, 1.82) is 0 Å². The second-order valence-corrected chi connectivity index (χ2v) is 2.41. The first-order valence-corrected chi connectivity index (χ1v) is 3.69. The Morgan fingerprint density at radius 2 is 2.08 bits per heavy atom. The summed E-state index contributed by atoms with van der Waals surface area (Å²) in [5.41, 5.74) is 1.41. The molecule has 0 fully saturated rings. The molecule has 0 radical (unpaired) electrons. The summed E-state index contributed by atoms with van der Waals surface area (Å²) in [7, 11) is 0. The molecule has 3 heteroatoms. The largest absolute Gasteiger partial charge is 1.00 e. The van der Waals surface area contributed by atoms with Crippen LogP contribution in [0.2, 0.25) is 0 Å². The van der Waals surface area contributed by atoms with E-state index < -0.39 is 0 Å². The summed E-state index contributed by atoms with van der Waals surface area (Å²) in [4.78, 5) is 0. The molecule has 0 spiro atoms. The SMILES string of the molecule is CCCCC1=[C-]CC=C1.[Br-].[Br-].[Hf]. The molecule has 1 aliphatic rings. The van der Waals surface area contributed by atoms with Crippen molar-refractivity contribution in [2.45, 2.75) is 32.6 Å². The average Bonchev–Trinajstić information content (AvgIpc) is 2.34. The quantitative estimate of drug-likeness (QED) is 0.310. The van der Waals surface area contributed by atoms with Crippen molar-refractivity contribution in [1.82, 2.24) is 0 Å². The molecule has 0 aliphatic heterocycles. The number of hydrogen-bond donors (Lipinski definition) is 0. The van der Waals surface area contributed by atoms with Crippen molar-refractivity contribution in [3.63, 3.8) is 0 Å². The van der Waals surface area contributed by atoms with Gasteiger partial charge in [-0.15, -0.1) is 6.42 Å². The van der Waals surface area contributed by atoms with Crippen molar-refractivity contribution in [3.8, 4) is 0 Å². The molecule has 0 heterocycles. The maximum Gasteiger partial charge on any atom is 0 e. The Labute approximate surface area is 115 Å². The molecule has 0 aromatic rings. The van der Waals surface area contributed by atoms with Gasteiger partial charge in [-0.25, -0.2) is 11.6 Å². The maximum atomic E-state index is 3.30. The summed E-state index contributed by atoms with van der Waals surface area (Å²) < 4.78 is 0. The van der Waals surface area contributed by atoms with Crippen LogP contribution in [0.4, 0.5) is 0 Å². The molecule has 0 saturated carbocycles. The predicted molar refractivity (Wildman–Crippen MR) is 40.0 cm³/mol. The first-order chi connectivity index (χ1) is 4.43. The van der Waals surface area contributed by atoms with E-state index >= 15 is 0 Å². The first-order valence-electron chi connectivity index (χ1n) is 3.69. The van der Waals surface area contributed by atoms with Gasteiger partial charge in [0.25, 0.3) is 0 Å². The van der Waals surface area contributed by atoms with Crippen LogP contribution < -0.4 is 34.0 Å². The summed E-state index contributed by atoms with van der Waals surface area (Å²) in [5.74, 6) is 0. The summed E-state index contributed by atoms with van der Waals surface area (Å²) in [5, 5.41) is 0. The third-order valence-electron chi connectivity index (χ3n) is 1.57. The molecule has 0 bridgehead atoms. The molecule has 0 aromatic carbocycles. The number of rotatable bonds is 3. The van der Waals surface area contributed by atoms with Gasteiger partial charge in [0, 0.05) is 25.8 Å². The van der Waals surface area contributed by atoms with Crippen LogP contribution in [0.15, 0.2) is 17.7 Å². The van der Waals surface area contributed by atoms with Crippen LogP contribution >= 0.6 is 0 Å². The van der Waals surface area contributed by atoms with E-state index in [2.05, 4.69) is 25.2 Å². The van der Waals surface area contributed by atoms with E-state index in [1.807, 2.05) is 0 Å². The minimum absolute atomic E-state index is 0. The molecule has 0 unspecified atom stereocenters. The predicted octanol–water partition coefficient (Wildman–Crippen LogP) is -3.13. The van der Waals surface area contributed by atoms with Crippen LogP contribution in [0.1, 0.15) is 32.6 Å². The zero-order valence-corrected chi connectivity index (χ0v) is 14.0. The van der Waals surface area contributed by atoms with Gasteiger partial charge in [0.05, 0.1) is 0 Å². The molecule has 70 valence electrons. The van der Waals surface area contributed by atoms with Gasteiger partial charge in [-0.3, -0.25) is 6.08 Å². The molecule has 12 heavy (non-hydrogen) atoms. The third kappa shape index (κ3) is 7.93. The summed E-state index contributed by atoms with van der Waals surface area (Å²) >= 11 is 0. The van der Waals surface area contributed by atoms with E-state index in [0.717, 1.165) is 6.42 Å². The Morgan fingerprint density at radius 3 is 2.50 bits per heavy atom. The number of halogens is 2. The van der Waals surface area contributed by atoms with Crippen LogP contribution in [0.25, 0.3) is 0 Å². The zero-order chi connectivity index (χ0) is 6.53. The van der Waals surface area contributed by atoms with E-state index in [9.17, 15) is 0 Å². The third-order valence-corrected chi connectivity index (χ3v) is 1.57. The second-order valence-electron chi connectivity index (χ2n) is 2.41. The topological polar surface area (TPSA) is 0 Å². The molecule has 0 nitrogen and oxygen atoms in total. The van der Waals surface area contributed by atoms with Crippen LogP contribution in [-0.2, 0) is 25.8 Å². The minimum atomic E-state index is 0. The Hall–Kier alpha value is 1.31. The minimum Gasteiger partial charge on any atom is -1.00 e. The van der Waals surface area contributed by atoms with Crippen molar-refractivity contribution in [3.05, 3.63) is 23.8 Å². The Morgan fingerprint density at radius 1 is 1.42 bits per heavy atom. The smallest absolute Gasteiger partial charge is 0 e. The zero-order valence-electron chi connectivity index (χ0n) is 7.24. The van der Waals surface area contributed by atoms with Crippen molar-refractivity contribution in [2.75, 3.05) is 0 Å². The van der Waals surface area contributed by atoms with E-state index in [1.54, 1.807) is 0 Å². The van der Waals surface area contributed by atoms with Crippen LogP contribution in [0.3, 0.4) is 0 Å². The summed E-state index contributed by atoms with van der Waals surface area (Å²) in [6.45, 7) is 2.22. The van der Waals surface area contributed by atoms with Crippen LogP contribution in [0, 0.1) is 6.08 Å². The monoisotopic (exact) mass is 459 g/mol. The normalized spacial score (nSPS) is 12.2. The van der Waals surface area contributed by atoms with Gasteiger partial charge in [-0.05, 0) is 0 Å². The molecule has 1 aliphatic carbocycles. The van der Waals surface area contributed by atoms with E-state index in [-0.39, 0.29) is 59.8 Å². The standard InChI is InChI=1S/C9H13.2BrH.Hf/c1-2-3-6-9-7-4-5-8-9;;;/h4,7H,2-3,5-6H2,1H3;2*1H;/q-1;;;/p-2. The summed E-state index contributed by atoms with van der Waals surface area (Å²) in [6.07, 6.45) is 12.5. The fraction of sp³-hybridized carbons (Fsp3) is 0.556. The van der Waals surface area contributed by atoms with Gasteiger partial charge in [0.2, 0.25) is 0 Å². The molecular formula is C9H13Br2Hf-3. The fourth-order valence-electron chi connectivity index (χ4n) is 0.989. The summed E-state index contributed by atoms with van der Waals surface area (Å²) in [6, 6.07) is 0. The molecule has 0 N–H and O–H groups in total. The van der Waals surface area contributed by atoms with Crippen LogP contribution in [0.5, 0.6) is 0 Å². The van der Waals surface area contributed by atoms with Crippen molar-refractivity contribution in [2.24, 2.45) is 0 Å². The van der Waals surface area contributed by atoms with Gasteiger partial charge in [-0.1, -0.05) is 26.2 Å². The van der Waals surface area contributed by atoms with Gasteiger partial charge < -0.3 is 34.0 Å². The second kappa shape index (κ2) is 12.3. The van der Waals surface area contributed by atoms with E-state index in [0.29, 0.717) is 0 Å². The van der Waals surface area contributed by atoms with Crippen molar-refractivity contribution < 1.29 is 59.8 Å². The maximum absolute atomic E-state index is 3.30. The molecule has 0 saturated heterocycles. The first kappa shape index (κ1) is 19.0. The number of unbranched alkanes of at least 4 members (excludes halogenated alkanes) is 1. The van der Waals surface area contributed by atoms with Gasteiger partial charge in [0.1, 0.15) is 0 Å². The Balaban J connectivity index is -0.000000270. The average molecular weight is 460 g/mol. The number of allylic oxidation sites excluding steroid dienone is 4. The fourth-order valence-corrected chi connectivity index (χ4v) is 0.989. The Bertz CT molecular complexity index is 141. The van der Waals surface area contributed by atoms with E-state index in [1.165, 1.54) is 24.8 Å². The van der Waals surface area contributed by atoms with Gasteiger partial charge >= 0.3 is 0 Å².